The Labute approximate surface area is 228 Å². The molecule has 1 unspecified atom stereocenters. The van der Waals surface area contributed by atoms with E-state index in [0.29, 0.717) is 43.4 Å². The van der Waals surface area contributed by atoms with Crippen molar-refractivity contribution in [3.8, 4) is 5.75 Å². The summed E-state index contributed by atoms with van der Waals surface area (Å²) in [6.07, 6.45) is 7.43. The molecule has 2 aromatic rings. The fourth-order valence-electron chi connectivity index (χ4n) is 5.22. The number of carbonyl (C=O) groups is 2. The van der Waals surface area contributed by atoms with Crippen LogP contribution in [-0.2, 0) is 9.53 Å². The smallest absolute Gasteiger partial charge is 0.410 e. The van der Waals surface area contributed by atoms with Crippen LogP contribution in [0, 0.1) is 0 Å². The third-order valence-corrected chi connectivity index (χ3v) is 7.12. The molecule has 0 spiro atoms. The number of aromatic nitrogens is 2. The van der Waals surface area contributed by atoms with Crippen LogP contribution in [-0.4, -0.2) is 88.3 Å². The molecule has 0 radical (unpaired) electrons. The van der Waals surface area contributed by atoms with Crippen LogP contribution in [0.1, 0.15) is 45.5 Å². The van der Waals surface area contributed by atoms with Crippen molar-refractivity contribution < 1.29 is 19.1 Å². The number of benzene rings is 1. The number of rotatable bonds is 6. The molecule has 2 amide bonds. The molecule has 1 aromatic carbocycles. The molecule has 4 heterocycles. The zero-order valence-electron chi connectivity index (χ0n) is 23.1. The molecule has 3 aliphatic rings. The minimum atomic E-state index is -0.795. The number of fused-ring (bicyclic) bond motifs is 1. The number of piperazine rings is 1. The normalized spacial score (nSPS) is 19.5. The van der Waals surface area contributed by atoms with Gasteiger partial charge in [-0.25, -0.2) is 9.78 Å². The van der Waals surface area contributed by atoms with Gasteiger partial charge in [-0.05, 0) is 45.7 Å². The van der Waals surface area contributed by atoms with Crippen LogP contribution in [0.4, 0.5) is 16.2 Å². The Kier molecular flexibility index (Phi) is 7.19. The number of anilines is 2. The highest BCUT2D eigenvalue weighted by atomic mass is 16.6. The van der Waals surface area contributed by atoms with E-state index in [0.717, 1.165) is 37.4 Å². The van der Waals surface area contributed by atoms with Gasteiger partial charge in [0.2, 0.25) is 5.91 Å². The van der Waals surface area contributed by atoms with E-state index in [1.807, 2.05) is 55.9 Å². The number of nitrogens with zero attached hydrogens (tertiary/aromatic N) is 6. The second-order valence-electron chi connectivity index (χ2n) is 11.0. The second kappa shape index (κ2) is 10.6. The van der Waals surface area contributed by atoms with E-state index in [-0.39, 0.29) is 6.09 Å². The number of primary amides is 1. The molecular weight excluding hydrogens is 500 g/mol. The molecule has 1 atom stereocenters. The number of hydrogen-bond donors (Lipinski definition) is 2. The number of hydrazine groups is 1. The van der Waals surface area contributed by atoms with E-state index in [2.05, 4.69) is 20.2 Å². The number of likely N-dealkylation sites (tertiary alicyclic amines) is 1. The third kappa shape index (κ3) is 5.55. The number of methoxy groups -OCH3 is 1. The first-order valence-electron chi connectivity index (χ1n) is 13.4. The van der Waals surface area contributed by atoms with Crippen molar-refractivity contribution in [3.63, 3.8) is 0 Å². The number of hydrogen-bond acceptors (Lipinski definition) is 9. The van der Waals surface area contributed by atoms with Crippen LogP contribution in [0.15, 0.2) is 36.8 Å². The van der Waals surface area contributed by atoms with E-state index in [1.54, 1.807) is 23.2 Å². The van der Waals surface area contributed by atoms with Gasteiger partial charge < -0.3 is 29.9 Å². The number of carbonyl (C=O) groups excluding carboxylic acids is 2. The lowest BCUT2D eigenvalue weighted by Crippen LogP contribution is -2.50. The van der Waals surface area contributed by atoms with Crippen molar-refractivity contribution in [2.45, 2.75) is 45.3 Å². The molecule has 2 saturated heterocycles. The number of nitrogens with one attached hydrogen (secondary N) is 1. The average Bonchev–Trinajstić information content (AvgIpc) is 3.60. The summed E-state index contributed by atoms with van der Waals surface area (Å²) in [4.78, 5) is 35.7. The summed E-state index contributed by atoms with van der Waals surface area (Å²) < 4.78 is 13.2. The largest absolute Gasteiger partial charge is 0.494 e. The van der Waals surface area contributed by atoms with Crippen LogP contribution in [0.3, 0.4) is 0 Å². The van der Waals surface area contributed by atoms with Gasteiger partial charge >= 0.3 is 6.09 Å². The van der Waals surface area contributed by atoms with Gasteiger partial charge in [0.25, 0.3) is 0 Å². The second-order valence-corrected chi connectivity index (χ2v) is 11.0. The van der Waals surface area contributed by atoms with Gasteiger partial charge in [0.05, 0.1) is 19.0 Å². The highest BCUT2D eigenvalue weighted by Crippen LogP contribution is 2.36. The SMILES string of the molecule is COc1cc(N2CCN(C(=O)OC(C)(C)C)CC2)ccc1NN1C=C(N2CCCC2)n2ccnc2C1C(N)=O. The van der Waals surface area contributed by atoms with E-state index in [9.17, 15) is 9.59 Å². The van der Waals surface area contributed by atoms with Gasteiger partial charge in [-0.2, -0.15) is 0 Å². The Morgan fingerprint density at radius 3 is 2.41 bits per heavy atom. The molecule has 1 aromatic heterocycles. The lowest BCUT2D eigenvalue weighted by molar-refractivity contribution is -0.122. The topological polar surface area (TPSA) is 121 Å². The van der Waals surface area contributed by atoms with E-state index in [4.69, 9.17) is 15.2 Å². The Bertz CT molecular complexity index is 1240. The Hall–Kier alpha value is -4.09. The lowest BCUT2D eigenvalue weighted by Gasteiger charge is -2.38. The summed E-state index contributed by atoms with van der Waals surface area (Å²) in [5.74, 6) is 1.63. The molecule has 3 N–H and O–H groups in total. The summed E-state index contributed by atoms with van der Waals surface area (Å²) in [6, 6.07) is 5.10. The van der Waals surface area contributed by atoms with Crippen molar-refractivity contribution in [2.24, 2.45) is 5.73 Å². The van der Waals surface area contributed by atoms with Crippen molar-refractivity contribution in [2.75, 3.05) is 56.7 Å². The number of imidazole rings is 1. The lowest BCUT2D eigenvalue weighted by atomic mass is 10.2. The van der Waals surface area contributed by atoms with E-state index < -0.39 is 17.6 Å². The van der Waals surface area contributed by atoms with Crippen LogP contribution >= 0.6 is 0 Å². The number of amides is 2. The van der Waals surface area contributed by atoms with Crippen LogP contribution in [0.2, 0.25) is 0 Å². The summed E-state index contributed by atoms with van der Waals surface area (Å²) >= 11 is 0. The van der Waals surface area contributed by atoms with Gasteiger partial charge in [-0.15, -0.1) is 0 Å². The quantitative estimate of drug-likeness (QED) is 0.572. The third-order valence-electron chi connectivity index (χ3n) is 7.12. The zero-order valence-corrected chi connectivity index (χ0v) is 23.1. The first-order chi connectivity index (χ1) is 18.6. The first kappa shape index (κ1) is 26.5. The molecule has 210 valence electrons. The summed E-state index contributed by atoms with van der Waals surface area (Å²) in [5, 5.41) is 1.72. The van der Waals surface area contributed by atoms with Gasteiger partial charge in [0, 0.05) is 63.4 Å². The molecule has 5 rings (SSSR count). The number of nitrogens with two attached hydrogens (primary N) is 1. The molecule has 0 saturated carbocycles. The summed E-state index contributed by atoms with van der Waals surface area (Å²) in [5.41, 5.74) is 10.4. The van der Waals surface area contributed by atoms with Gasteiger partial charge in [0.1, 0.15) is 23.0 Å². The Morgan fingerprint density at radius 1 is 1.05 bits per heavy atom. The zero-order chi connectivity index (χ0) is 27.7. The maximum Gasteiger partial charge on any atom is 0.410 e. The molecule has 39 heavy (non-hydrogen) atoms. The molecule has 12 nitrogen and oxygen atoms in total. The van der Waals surface area contributed by atoms with Crippen molar-refractivity contribution >= 4 is 29.2 Å². The monoisotopic (exact) mass is 538 g/mol. The predicted octanol–water partition coefficient (Wildman–Crippen LogP) is 2.67. The Balaban J connectivity index is 1.33. The molecule has 12 heteroatoms. The average molecular weight is 539 g/mol. The van der Waals surface area contributed by atoms with Crippen molar-refractivity contribution in [1.82, 2.24) is 24.4 Å². The van der Waals surface area contributed by atoms with E-state index in [1.165, 1.54) is 0 Å². The van der Waals surface area contributed by atoms with Gasteiger partial charge in [0.15, 0.2) is 6.04 Å². The van der Waals surface area contributed by atoms with Gasteiger partial charge in [-0.1, -0.05) is 0 Å². The standard InChI is InChI=1S/C27H38N8O4/c1-27(2,3)39-26(37)33-15-13-31(14-16-33)19-7-8-20(21(17-19)38-4)30-35-18-22(32-10-5-6-11-32)34-12-9-29-25(34)23(35)24(28)36/h7-9,12,17-18,23,30H,5-6,10-11,13-16H2,1-4H3,(H2,28,36). The molecule has 2 fully saturated rings. The number of ether oxygens (including phenoxy) is 2. The Morgan fingerprint density at radius 2 is 1.77 bits per heavy atom. The summed E-state index contributed by atoms with van der Waals surface area (Å²) in [6.45, 7) is 9.99. The first-order valence-corrected chi connectivity index (χ1v) is 13.4. The minimum Gasteiger partial charge on any atom is -0.494 e. The van der Waals surface area contributed by atoms with Crippen LogP contribution in [0.25, 0.3) is 5.82 Å². The highest BCUT2D eigenvalue weighted by Gasteiger charge is 2.36. The molecule has 0 aliphatic carbocycles. The molecular formula is C27H38N8O4. The molecule has 3 aliphatic heterocycles. The van der Waals surface area contributed by atoms with Crippen LogP contribution < -0.4 is 20.8 Å². The highest BCUT2D eigenvalue weighted by molar-refractivity contribution is 5.82. The summed E-state index contributed by atoms with van der Waals surface area (Å²) in [7, 11) is 1.62. The predicted molar refractivity (Wildman–Crippen MR) is 148 cm³/mol. The van der Waals surface area contributed by atoms with Crippen molar-refractivity contribution in [3.05, 3.63) is 42.6 Å². The minimum absolute atomic E-state index is 0.285. The van der Waals surface area contributed by atoms with E-state index >= 15 is 0 Å². The fraction of sp³-hybridized carbons (Fsp3) is 0.519. The van der Waals surface area contributed by atoms with Crippen molar-refractivity contribution in [1.29, 1.82) is 0 Å². The maximum absolute atomic E-state index is 12.6. The van der Waals surface area contributed by atoms with Gasteiger partial charge in [-0.3, -0.25) is 19.8 Å². The van der Waals surface area contributed by atoms with Crippen LogP contribution in [0.5, 0.6) is 5.75 Å². The molecule has 0 bridgehead atoms. The fourth-order valence-corrected chi connectivity index (χ4v) is 5.22. The maximum atomic E-state index is 12.6.